The number of carbonyl (C=O) groups is 2. The van der Waals surface area contributed by atoms with Gasteiger partial charge in [0.2, 0.25) is 11.8 Å². The molecular formula is C18H29N3O2. The number of hydrogen-bond acceptors (Lipinski definition) is 3. The van der Waals surface area contributed by atoms with E-state index in [1.165, 1.54) is 5.56 Å². The van der Waals surface area contributed by atoms with Crippen LogP contribution in [0.2, 0.25) is 0 Å². The maximum absolute atomic E-state index is 11.9. The summed E-state index contributed by atoms with van der Waals surface area (Å²) < 4.78 is 0. The quantitative estimate of drug-likeness (QED) is 0.750. The number of hydrogen-bond donors (Lipinski definition) is 1. The van der Waals surface area contributed by atoms with E-state index >= 15 is 0 Å². The second kappa shape index (κ2) is 10.0. The first-order valence-corrected chi connectivity index (χ1v) is 8.11. The third-order valence-electron chi connectivity index (χ3n) is 3.67. The van der Waals surface area contributed by atoms with Gasteiger partial charge in [-0.05, 0) is 39.5 Å². The van der Waals surface area contributed by atoms with E-state index in [0.29, 0.717) is 19.5 Å². The van der Waals surface area contributed by atoms with E-state index in [1.807, 2.05) is 45.3 Å². The first-order chi connectivity index (χ1) is 10.9. The summed E-state index contributed by atoms with van der Waals surface area (Å²) in [5, 5.41) is 2.89. The van der Waals surface area contributed by atoms with Gasteiger partial charge in [0, 0.05) is 26.6 Å². The molecule has 5 nitrogen and oxygen atoms in total. The van der Waals surface area contributed by atoms with Crippen molar-refractivity contribution in [2.45, 2.75) is 26.7 Å². The lowest BCUT2D eigenvalue weighted by Gasteiger charge is -2.22. The van der Waals surface area contributed by atoms with Gasteiger partial charge in [0.25, 0.3) is 0 Å². The zero-order chi connectivity index (χ0) is 17.2. The molecule has 23 heavy (non-hydrogen) atoms. The van der Waals surface area contributed by atoms with Gasteiger partial charge in [-0.25, -0.2) is 0 Å². The van der Waals surface area contributed by atoms with Gasteiger partial charge in [-0.3, -0.25) is 9.59 Å². The van der Waals surface area contributed by atoms with Crippen molar-refractivity contribution in [2.24, 2.45) is 0 Å². The number of amides is 2. The fourth-order valence-electron chi connectivity index (χ4n) is 2.29. The topological polar surface area (TPSA) is 52.7 Å². The maximum Gasteiger partial charge on any atom is 0.224 e. The average molecular weight is 319 g/mol. The maximum atomic E-state index is 11.9. The Kier molecular flexibility index (Phi) is 8.33. The summed E-state index contributed by atoms with van der Waals surface area (Å²) in [6, 6.07) is 7.95. The largest absolute Gasteiger partial charge is 0.354 e. The van der Waals surface area contributed by atoms with Gasteiger partial charge in [-0.1, -0.05) is 29.8 Å². The molecule has 0 saturated carbocycles. The minimum absolute atomic E-state index is 0.00866. The third-order valence-corrected chi connectivity index (χ3v) is 3.67. The van der Waals surface area contributed by atoms with Gasteiger partial charge >= 0.3 is 0 Å². The molecule has 1 aromatic carbocycles. The van der Waals surface area contributed by atoms with E-state index in [9.17, 15) is 9.59 Å². The zero-order valence-electron chi connectivity index (χ0n) is 14.8. The Labute approximate surface area is 139 Å². The molecular weight excluding hydrogens is 290 g/mol. The van der Waals surface area contributed by atoms with Crippen LogP contribution in [0.25, 0.3) is 0 Å². The van der Waals surface area contributed by atoms with Crippen LogP contribution in [0.3, 0.4) is 0 Å². The molecule has 2 amide bonds. The van der Waals surface area contributed by atoms with Crippen molar-refractivity contribution in [3.8, 4) is 0 Å². The van der Waals surface area contributed by atoms with Gasteiger partial charge in [-0.2, -0.15) is 0 Å². The molecule has 0 atom stereocenters. The lowest BCUT2D eigenvalue weighted by Crippen LogP contribution is -2.39. The number of nitrogens with zero attached hydrogens (tertiary/aromatic N) is 2. The smallest absolute Gasteiger partial charge is 0.224 e. The molecule has 0 aliphatic carbocycles. The highest BCUT2D eigenvalue weighted by Gasteiger charge is 2.09. The highest BCUT2D eigenvalue weighted by atomic mass is 16.2. The molecule has 0 unspecified atom stereocenters. The summed E-state index contributed by atoms with van der Waals surface area (Å²) in [4.78, 5) is 27.4. The fourth-order valence-corrected chi connectivity index (χ4v) is 2.29. The number of benzene rings is 1. The molecule has 1 rings (SSSR count). The van der Waals surface area contributed by atoms with E-state index in [1.54, 1.807) is 11.8 Å². The fraction of sp³-hybridized carbons (Fsp3) is 0.556. The Morgan fingerprint density at radius 1 is 1.04 bits per heavy atom. The molecule has 0 aliphatic heterocycles. The van der Waals surface area contributed by atoms with Crippen LogP contribution < -0.4 is 5.32 Å². The average Bonchev–Trinajstić information content (AvgIpc) is 2.47. The first kappa shape index (κ1) is 19.2. The van der Waals surface area contributed by atoms with Gasteiger partial charge in [0.05, 0.1) is 6.42 Å². The SMILES string of the molecule is CC(=O)N(CCCN(C)C)CCNC(=O)Cc1ccc(C)cc1. The summed E-state index contributed by atoms with van der Waals surface area (Å²) in [6.07, 6.45) is 1.31. The molecule has 0 bridgehead atoms. The van der Waals surface area contributed by atoms with Crippen LogP contribution in [0.5, 0.6) is 0 Å². The predicted octanol–water partition coefficient (Wildman–Crippen LogP) is 1.45. The highest BCUT2D eigenvalue weighted by molar-refractivity contribution is 5.78. The molecule has 0 fully saturated rings. The van der Waals surface area contributed by atoms with Crippen molar-refractivity contribution >= 4 is 11.8 Å². The van der Waals surface area contributed by atoms with Gasteiger partial charge in [0.15, 0.2) is 0 Å². The summed E-state index contributed by atoms with van der Waals surface area (Å²) in [5.41, 5.74) is 2.19. The molecule has 0 spiro atoms. The lowest BCUT2D eigenvalue weighted by molar-refractivity contribution is -0.129. The van der Waals surface area contributed by atoms with Crippen molar-refractivity contribution in [1.29, 1.82) is 0 Å². The highest BCUT2D eigenvalue weighted by Crippen LogP contribution is 2.03. The molecule has 0 heterocycles. The Morgan fingerprint density at radius 3 is 2.26 bits per heavy atom. The summed E-state index contributed by atoms with van der Waals surface area (Å²) >= 11 is 0. The van der Waals surface area contributed by atoms with Crippen LogP contribution in [0, 0.1) is 6.92 Å². The van der Waals surface area contributed by atoms with Crippen LogP contribution in [0.4, 0.5) is 0 Å². The second-order valence-corrected chi connectivity index (χ2v) is 6.18. The Bertz CT molecular complexity index is 497. The zero-order valence-corrected chi connectivity index (χ0v) is 14.8. The lowest BCUT2D eigenvalue weighted by atomic mass is 10.1. The van der Waals surface area contributed by atoms with Crippen molar-refractivity contribution in [1.82, 2.24) is 15.1 Å². The molecule has 128 valence electrons. The van der Waals surface area contributed by atoms with E-state index in [4.69, 9.17) is 0 Å². The second-order valence-electron chi connectivity index (χ2n) is 6.18. The molecule has 1 N–H and O–H groups in total. The van der Waals surface area contributed by atoms with Crippen molar-refractivity contribution in [2.75, 3.05) is 40.3 Å². The Morgan fingerprint density at radius 2 is 1.70 bits per heavy atom. The normalized spacial score (nSPS) is 10.7. The van der Waals surface area contributed by atoms with Crippen LogP contribution in [0.15, 0.2) is 24.3 Å². The number of aryl methyl sites for hydroxylation is 1. The third kappa shape index (κ3) is 8.35. The Balaban J connectivity index is 2.30. The molecule has 0 aromatic heterocycles. The van der Waals surface area contributed by atoms with Crippen molar-refractivity contribution in [3.05, 3.63) is 35.4 Å². The van der Waals surface area contributed by atoms with Gasteiger partial charge < -0.3 is 15.1 Å². The van der Waals surface area contributed by atoms with Crippen molar-refractivity contribution in [3.63, 3.8) is 0 Å². The van der Waals surface area contributed by atoms with E-state index < -0.39 is 0 Å². The summed E-state index contributed by atoms with van der Waals surface area (Å²) in [7, 11) is 4.03. The molecule has 5 heteroatoms. The number of carbonyl (C=O) groups excluding carboxylic acids is 2. The molecule has 0 aliphatic rings. The summed E-state index contributed by atoms with van der Waals surface area (Å²) in [5.74, 6) is 0.0437. The van der Waals surface area contributed by atoms with Crippen LogP contribution in [0.1, 0.15) is 24.5 Å². The van der Waals surface area contributed by atoms with Gasteiger partial charge in [0.1, 0.15) is 0 Å². The molecule has 0 saturated heterocycles. The van der Waals surface area contributed by atoms with Crippen LogP contribution in [-0.2, 0) is 16.0 Å². The predicted molar refractivity (Wildman–Crippen MR) is 93.3 cm³/mol. The number of rotatable bonds is 9. The summed E-state index contributed by atoms with van der Waals surface area (Å²) in [6.45, 7) is 6.32. The first-order valence-electron chi connectivity index (χ1n) is 8.11. The molecule has 0 radical (unpaired) electrons. The van der Waals surface area contributed by atoms with E-state index in [-0.39, 0.29) is 11.8 Å². The van der Waals surface area contributed by atoms with Crippen LogP contribution in [-0.4, -0.2) is 61.9 Å². The van der Waals surface area contributed by atoms with Crippen LogP contribution >= 0.6 is 0 Å². The van der Waals surface area contributed by atoms with Crippen molar-refractivity contribution < 1.29 is 9.59 Å². The number of nitrogens with one attached hydrogen (secondary N) is 1. The van der Waals surface area contributed by atoms with Gasteiger partial charge in [-0.15, -0.1) is 0 Å². The standard InChI is InChI=1S/C18H29N3O2/c1-15-6-8-17(9-7-15)14-18(23)19-10-13-21(16(2)22)12-5-11-20(3)4/h6-9H,5,10-14H2,1-4H3,(H,19,23). The molecule has 1 aromatic rings. The monoisotopic (exact) mass is 319 g/mol. The minimum atomic E-state index is -0.00866. The van der Waals surface area contributed by atoms with E-state index in [0.717, 1.165) is 25.1 Å². The minimum Gasteiger partial charge on any atom is -0.354 e. The Hall–Kier alpha value is -1.88. The van der Waals surface area contributed by atoms with E-state index in [2.05, 4.69) is 10.2 Å².